The molecule has 6 heteroatoms. The first-order chi connectivity index (χ1) is 12.4. The highest BCUT2D eigenvalue weighted by atomic mass is 16.2. The van der Waals surface area contributed by atoms with Crippen LogP contribution in [0.4, 0.5) is 4.79 Å². The predicted molar refractivity (Wildman–Crippen MR) is 99.4 cm³/mol. The second-order valence-corrected chi connectivity index (χ2v) is 8.59. The summed E-state index contributed by atoms with van der Waals surface area (Å²) in [7, 11) is 0. The Kier molecular flexibility index (Phi) is 5.88. The topological polar surface area (TPSA) is 78.5 Å². The Morgan fingerprint density at radius 2 is 1.96 bits per heavy atom. The first-order valence-electron chi connectivity index (χ1n) is 10.4. The van der Waals surface area contributed by atoms with E-state index < -0.39 is 11.6 Å². The molecule has 4 amide bonds. The molecule has 6 nitrogen and oxygen atoms in total. The zero-order valence-electron chi connectivity index (χ0n) is 16.2. The van der Waals surface area contributed by atoms with Gasteiger partial charge in [-0.15, -0.1) is 0 Å². The maximum Gasteiger partial charge on any atom is 0.325 e. The third kappa shape index (κ3) is 3.89. The van der Waals surface area contributed by atoms with E-state index in [1.54, 1.807) is 0 Å². The summed E-state index contributed by atoms with van der Waals surface area (Å²) in [6.45, 7) is 4.21. The average molecular weight is 364 g/mol. The number of amides is 4. The molecule has 0 radical (unpaired) electrons. The monoisotopic (exact) mass is 363 g/mol. The quantitative estimate of drug-likeness (QED) is 0.712. The van der Waals surface area contributed by atoms with Gasteiger partial charge in [0, 0.05) is 6.04 Å². The zero-order chi connectivity index (χ0) is 18.7. The summed E-state index contributed by atoms with van der Waals surface area (Å²) < 4.78 is 0. The molecule has 3 rings (SSSR count). The van der Waals surface area contributed by atoms with Crippen LogP contribution in [0.5, 0.6) is 0 Å². The maximum absolute atomic E-state index is 12.8. The SMILES string of the molecule is CCCCC1CCCC1NC(=O)CN1C(=O)NC2(CCC(C)CC2)C1=O. The van der Waals surface area contributed by atoms with E-state index in [1.807, 2.05) is 0 Å². The summed E-state index contributed by atoms with van der Waals surface area (Å²) in [5, 5.41) is 5.97. The summed E-state index contributed by atoms with van der Waals surface area (Å²) in [4.78, 5) is 38.8. The van der Waals surface area contributed by atoms with Crippen molar-refractivity contribution in [2.24, 2.45) is 11.8 Å². The van der Waals surface area contributed by atoms with Crippen LogP contribution >= 0.6 is 0 Å². The Bertz CT molecular complexity index is 555. The minimum Gasteiger partial charge on any atom is -0.352 e. The number of unbranched alkanes of at least 4 members (excludes halogenated alkanes) is 1. The molecule has 2 unspecified atom stereocenters. The molecule has 1 spiro atoms. The summed E-state index contributed by atoms with van der Waals surface area (Å²) in [6, 6.07) is -0.215. The van der Waals surface area contributed by atoms with Crippen molar-refractivity contribution in [3.05, 3.63) is 0 Å². The van der Waals surface area contributed by atoms with E-state index in [0.717, 1.165) is 43.4 Å². The van der Waals surface area contributed by atoms with E-state index in [4.69, 9.17) is 0 Å². The first-order valence-corrected chi connectivity index (χ1v) is 10.4. The van der Waals surface area contributed by atoms with E-state index in [-0.39, 0.29) is 24.4 Å². The predicted octanol–water partition coefficient (Wildman–Crippen LogP) is 2.96. The Morgan fingerprint density at radius 3 is 2.65 bits per heavy atom. The van der Waals surface area contributed by atoms with Crippen LogP contribution in [-0.4, -0.2) is 40.9 Å². The fourth-order valence-electron chi connectivity index (χ4n) is 4.85. The number of hydrogen-bond donors (Lipinski definition) is 2. The standard InChI is InChI=1S/C20H33N3O3/c1-3-4-6-15-7-5-8-16(15)21-17(24)13-23-18(25)20(22-19(23)26)11-9-14(2)10-12-20/h14-16H,3-13H2,1-2H3,(H,21,24)(H,22,26). The van der Waals surface area contributed by atoms with Crippen LogP contribution in [0.1, 0.15) is 78.1 Å². The second kappa shape index (κ2) is 7.97. The summed E-state index contributed by atoms with van der Waals surface area (Å²) >= 11 is 0. The minimum atomic E-state index is -0.763. The van der Waals surface area contributed by atoms with Gasteiger partial charge in [0.05, 0.1) is 0 Å². The Morgan fingerprint density at radius 1 is 1.23 bits per heavy atom. The van der Waals surface area contributed by atoms with Crippen molar-refractivity contribution in [1.82, 2.24) is 15.5 Å². The third-order valence-electron chi connectivity index (χ3n) is 6.61. The van der Waals surface area contributed by atoms with Crippen molar-refractivity contribution < 1.29 is 14.4 Å². The van der Waals surface area contributed by atoms with Gasteiger partial charge in [-0.25, -0.2) is 4.79 Å². The number of hydrogen-bond acceptors (Lipinski definition) is 3. The molecule has 0 aromatic heterocycles. The fourth-order valence-corrected chi connectivity index (χ4v) is 4.85. The Hall–Kier alpha value is -1.59. The van der Waals surface area contributed by atoms with E-state index in [0.29, 0.717) is 24.7 Å². The van der Waals surface area contributed by atoms with Crippen LogP contribution in [0.2, 0.25) is 0 Å². The lowest BCUT2D eigenvalue weighted by Crippen LogP contribution is -2.50. The number of nitrogens with one attached hydrogen (secondary N) is 2. The van der Waals surface area contributed by atoms with Crippen molar-refractivity contribution in [3.8, 4) is 0 Å². The molecule has 1 saturated heterocycles. The van der Waals surface area contributed by atoms with Crippen LogP contribution in [-0.2, 0) is 9.59 Å². The molecule has 0 bridgehead atoms. The van der Waals surface area contributed by atoms with Gasteiger partial charge in [-0.2, -0.15) is 0 Å². The maximum atomic E-state index is 12.8. The molecular weight excluding hydrogens is 330 g/mol. The highest BCUT2D eigenvalue weighted by molar-refractivity contribution is 6.09. The van der Waals surface area contributed by atoms with Crippen LogP contribution < -0.4 is 10.6 Å². The minimum absolute atomic E-state index is 0.154. The Labute approximate surface area is 156 Å². The molecule has 0 aromatic carbocycles. The van der Waals surface area contributed by atoms with E-state index in [9.17, 15) is 14.4 Å². The van der Waals surface area contributed by atoms with Crippen LogP contribution in [0, 0.1) is 11.8 Å². The molecule has 2 saturated carbocycles. The third-order valence-corrected chi connectivity index (χ3v) is 6.61. The lowest BCUT2D eigenvalue weighted by Gasteiger charge is -2.33. The molecule has 2 aliphatic carbocycles. The normalized spacial score (nSPS) is 34.4. The summed E-state index contributed by atoms with van der Waals surface area (Å²) in [6.07, 6.45) is 10.0. The highest BCUT2D eigenvalue weighted by Crippen LogP contribution is 2.36. The first kappa shape index (κ1) is 19.2. The molecule has 3 fully saturated rings. The van der Waals surface area contributed by atoms with E-state index in [1.165, 1.54) is 12.8 Å². The molecule has 26 heavy (non-hydrogen) atoms. The van der Waals surface area contributed by atoms with Crippen molar-refractivity contribution in [2.45, 2.75) is 89.6 Å². The van der Waals surface area contributed by atoms with Crippen LogP contribution in [0.3, 0.4) is 0 Å². The van der Waals surface area contributed by atoms with Gasteiger partial charge in [0.2, 0.25) is 5.91 Å². The molecule has 146 valence electrons. The van der Waals surface area contributed by atoms with Gasteiger partial charge in [-0.1, -0.05) is 33.1 Å². The zero-order valence-corrected chi connectivity index (χ0v) is 16.2. The van der Waals surface area contributed by atoms with Crippen LogP contribution in [0.25, 0.3) is 0 Å². The number of carbonyl (C=O) groups excluding carboxylic acids is 3. The second-order valence-electron chi connectivity index (χ2n) is 8.59. The van der Waals surface area contributed by atoms with Gasteiger partial charge in [0.1, 0.15) is 12.1 Å². The van der Waals surface area contributed by atoms with Crippen molar-refractivity contribution in [1.29, 1.82) is 0 Å². The average Bonchev–Trinajstić information content (AvgIpc) is 3.14. The molecule has 3 aliphatic rings. The molecular formula is C20H33N3O3. The lowest BCUT2D eigenvalue weighted by molar-refractivity contribution is -0.136. The number of nitrogens with zero attached hydrogens (tertiary/aromatic N) is 1. The number of carbonyl (C=O) groups is 3. The van der Waals surface area contributed by atoms with Gasteiger partial charge >= 0.3 is 6.03 Å². The van der Waals surface area contributed by atoms with Crippen molar-refractivity contribution in [3.63, 3.8) is 0 Å². The van der Waals surface area contributed by atoms with Crippen molar-refractivity contribution in [2.75, 3.05) is 6.54 Å². The smallest absolute Gasteiger partial charge is 0.325 e. The van der Waals surface area contributed by atoms with Gasteiger partial charge < -0.3 is 10.6 Å². The van der Waals surface area contributed by atoms with E-state index in [2.05, 4.69) is 24.5 Å². The van der Waals surface area contributed by atoms with Gasteiger partial charge in [0.25, 0.3) is 5.91 Å². The molecule has 1 heterocycles. The van der Waals surface area contributed by atoms with Crippen LogP contribution in [0.15, 0.2) is 0 Å². The fraction of sp³-hybridized carbons (Fsp3) is 0.850. The van der Waals surface area contributed by atoms with Gasteiger partial charge in [-0.3, -0.25) is 14.5 Å². The number of rotatable bonds is 6. The Balaban J connectivity index is 1.55. The largest absolute Gasteiger partial charge is 0.352 e. The summed E-state index contributed by atoms with van der Waals surface area (Å²) in [5.74, 6) is 0.708. The number of urea groups is 1. The molecule has 0 aromatic rings. The molecule has 2 atom stereocenters. The van der Waals surface area contributed by atoms with Gasteiger partial charge in [-0.05, 0) is 56.8 Å². The summed E-state index contributed by atoms with van der Waals surface area (Å²) in [5.41, 5.74) is -0.763. The molecule has 2 N–H and O–H groups in total. The van der Waals surface area contributed by atoms with E-state index >= 15 is 0 Å². The number of imide groups is 1. The highest BCUT2D eigenvalue weighted by Gasteiger charge is 2.52. The molecule has 1 aliphatic heterocycles. The van der Waals surface area contributed by atoms with Crippen molar-refractivity contribution >= 4 is 17.8 Å². The lowest BCUT2D eigenvalue weighted by atomic mass is 9.77. The van der Waals surface area contributed by atoms with Gasteiger partial charge in [0.15, 0.2) is 0 Å².